The Bertz CT molecular complexity index is 545. The Morgan fingerprint density at radius 3 is 2.83 bits per heavy atom. The average Bonchev–Trinajstić information content (AvgIpc) is 3.08. The summed E-state index contributed by atoms with van der Waals surface area (Å²) < 4.78 is 11.3. The molecule has 4 atom stereocenters. The number of urea groups is 1. The lowest BCUT2D eigenvalue weighted by atomic mass is 9.84. The van der Waals surface area contributed by atoms with E-state index >= 15 is 0 Å². The van der Waals surface area contributed by atoms with Crippen LogP contribution in [0.4, 0.5) is 4.79 Å². The summed E-state index contributed by atoms with van der Waals surface area (Å²) in [6.45, 7) is 8.17. The molecule has 0 saturated carbocycles. The zero-order valence-electron chi connectivity index (χ0n) is 13.5. The highest BCUT2D eigenvalue weighted by atomic mass is 16.6. The lowest BCUT2D eigenvalue weighted by Gasteiger charge is -2.19. The van der Waals surface area contributed by atoms with Gasteiger partial charge >= 0.3 is 12.0 Å². The van der Waals surface area contributed by atoms with Crippen LogP contribution in [0.25, 0.3) is 0 Å². The molecule has 0 radical (unpaired) electrons. The van der Waals surface area contributed by atoms with E-state index in [1.165, 1.54) is 11.1 Å². The highest BCUT2D eigenvalue weighted by molar-refractivity contribution is 5.91. The van der Waals surface area contributed by atoms with Gasteiger partial charge in [-0.15, -0.1) is 0 Å². The number of fused-ring (bicyclic) bond motifs is 3. The molecule has 0 bridgehead atoms. The molecule has 23 heavy (non-hydrogen) atoms. The Hall–Kier alpha value is -1.86. The van der Waals surface area contributed by atoms with Crippen LogP contribution in [-0.2, 0) is 14.3 Å². The minimum absolute atomic E-state index is 0.0671. The summed E-state index contributed by atoms with van der Waals surface area (Å²) in [6, 6.07) is -0.940. The number of rotatable bonds is 0. The molecule has 2 amide bonds. The number of nitrogens with two attached hydrogens (primary N) is 1. The molecule has 7 nitrogen and oxygen atoms in total. The number of amides is 2. The number of carbonyl (C=O) groups excluding carboxylic acids is 2. The molecule has 0 aromatic rings. The molecule has 128 valence electrons. The molecule has 0 spiro atoms. The first-order chi connectivity index (χ1) is 10.8. The van der Waals surface area contributed by atoms with Crippen molar-refractivity contribution < 1.29 is 24.3 Å². The van der Waals surface area contributed by atoms with Crippen molar-refractivity contribution in [3.63, 3.8) is 0 Å². The largest absolute Gasteiger partial charge is 0.455 e. The van der Waals surface area contributed by atoms with Gasteiger partial charge in [0.1, 0.15) is 12.2 Å². The van der Waals surface area contributed by atoms with Crippen LogP contribution in [0, 0.1) is 5.92 Å². The number of primary amides is 1. The third kappa shape index (κ3) is 3.92. The molecular weight excluding hydrogens is 300 g/mol. The molecular formula is C16H24N2O5. The Morgan fingerprint density at radius 2 is 2.22 bits per heavy atom. The fraction of sp³-hybridized carbons (Fsp3) is 0.625. The van der Waals surface area contributed by atoms with Gasteiger partial charge in [-0.1, -0.05) is 18.2 Å². The van der Waals surface area contributed by atoms with E-state index in [1.807, 2.05) is 0 Å². The van der Waals surface area contributed by atoms with Crippen molar-refractivity contribution in [1.29, 1.82) is 0 Å². The maximum Gasteiger partial charge on any atom is 0.335 e. The molecule has 0 aromatic carbocycles. The predicted molar refractivity (Wildman–Crippen MR) is 82.5 cm³/mol. The number of hydrogen-bond acceptors (Lipinski definition) is 5. The summed E-state index contributed by atoms with van der Waals surface area (Å²) in [5, 5.41) is 7.42. The van der Waals surface area contributed by atoms with E-state index in [2.05, 4.69) is 32.2 Å². The number of nitrogens with one attached hydrogen (secondary N) is 1. The van der Waals surface area contributed by atoms with Crippen molar-refractivity contribution >= 4 is 12.0 Å². The van der Waals surface area contributed by atoms with Crippen molar-refractivity contribution in [2.45, 2.75) is 57.3 Å². The fourth-order valence-corrected chi connectivity index (χ4v) is 3.20. The first kappa shape index (κ1) is 17.5. The van der Waals surface area contributed by atoms with E-state index in [1.54, 1.807) is 0 Å². The van der Waals surface area contributed by atoms with Gasteiger partial charge in [-0.3, -0.25) is 5.21 Å². The van der Waals surface area contributed by atoms with Gasteiger partial charge in [-0.2, -0.15) is 0 Å². The SMILES string of the molecule is C=C1C(=O)OC2C1CCC(C)=CCCC1(C)OC21.NC(=O)NO. The summed E-state index contributed by atoms with van der Waals surface area (Å²) in [5.74, 6) is -0.102. The Balaban J connectivity index is 0.000000338. The maximum atomic E-state index is 11.7. The van der Waals surface area contributed by atoms with Crippen molar-refractivity contribution in [2.24, 2.45) is 11.7 Å². The van der Waals surface area contributed by atoms with Gasteiger partial charge in [0, 0.05) is 11.5 Å². The lowest BCUT2D eigenvalue weighted by Crippen LogP contribution is -2.28. The van der Waals surface area contributed by atoms with E-state index in [0.29, 0.717) is 5.57 Å². The van der Waals surface area contributed by atoms with E-state index in [4.69, 9.17) is 14.7 Å². The van der Waals surface area contributed by atoms with Crippen LogP contribution < -0.4 is 11.2 Å². The van der Waals surface area contributed by atoms with E-state index in [9.17, 15) is 9.59 Å². The average molecular weight is 324 g/mol. The van der Waals surface area contributed by atoms with Crippen LogP contribution in [0.1, 0.15) is 39.5 Å². The highest BCUT2D eigenvalue weighted by Crippen LogP contribution is 2.49. The minimum Gasteiger partial charge on any atom is -0.455 e. The molecule has 2 heterocycles. The Kier molecular flexibility index (Phi) is 5.11. The van der Waals surface area contributed by atoms with Gasteiger partial charge in [0.15, 0.2) is 0 Å². The second kappa shape index (κ2) is 6.72. The second-order valence-corrected chi connectivity index (χ2v) is 6.46. The van der Waals surface area contributed by atoms with E-state index < -0.39 is 6.03 Å². The summed E-state index contributed by atoms with van der Waals surface area (Å²) >= 11 is 0. The number of hydroxylamine groups is 1. The maximum absolute atomic E-state index is 11.7. The zero-order valence-corrected chi connectivity index (χ0v) is 13.5. The van der Waals surface area contributed by atoms with Gasteiger partial charge in [0.05, 0.1) is 5.60 Å². The van der Waals surface area contributed by atoms with Crippen LogP contribution in [0.5, 0.6) is 0 Å². The first-order valence-corrected chi connectivity index (χ1v) is 7.71. The van der Waals surface area contributed by atoms with Gasteiger partial charge in [-0.05, 0) is 39.5 Å². The third-order valence-electron chi connectivity index (χ3n) is 4.68. The molecule has 2 aliphatic heterocycles. The summed E-state index contributed by atoms with van der Waals surface area (Å²) in [5.41, 5.74) is 7.37. The standard InChI is InChI=1S/C15H20O3.CH4N2O2/c1-9-5-4-8-15(3)13(18-15)12-11(7-6-9)10(2)14(16)17-12;2-1(4)3-5/h5,11-13H,2,4,6-8H2,1,3H3;5H,(H3,2,3,4). The number of esters is 1. The van der Waals surface area contributed by atoms with Crippen LogP contribution >= 0.6 is 0 Å². The predicted octanol–water partition coefficient (Wildman–Crippen LogP) is 1.81. The van der Waals surface area contributed by atoms with Crippen LogP contribution in [0.15, 0.2) is 23.8 Å². The Morgan fingerprint density at radius 1 is 1.57 bits per heavy atom. The van der Waals surface area contributed by atoms with Crippen molar-refractivity contribution in [3.05, 3.63) is 23.8 Å². The van der Waals surface area contributed by atoms with Gasteiger partial charge < -0.3 is 15.2 Å². The number of ether oxygens (including phenoxy) is 2. The molecule has 0 aromatic heterocycles. The number of epoxide rings is 1. The van der Waals surface area contributed by atoms with Crippen LogP contribution in [-0.4, -0.2) is 35.0 Å². The number of hydrogen-bond donors (Lipinski definition) is 3. The van der Waals surface area contributed by atoms with Crippen molar-refractivity contribution in [1.82, 2.24) is 5.48 Å². The zero-order chi connectivity index (χ0) is 17.2. The second-order valence-electron chi connectivity index (χ2n) is 6.46. The monoisotopic (exact) mass is 324 g/mol. The highest BCUT2D eigenvalue weighted by Gasteiger charge is 2.61. The molecule has 7 heteroatoms. The molecule has 3 rings (SSSR count). The van der Waals surface area contributed by atoms with E-state index in [0.717, 1.165) is 25.7 Å². The molecule has 4 N–H and O–H groups in total. The van der Waals surface area contributed by atoms with Gasteiger partial charge in [-0.25, -0.2) is 15.1 Å². The third-order valence-corrected chi connectivity index (χ3v) is 4.68. The quantitative estimate of drug-likeness (QED) is 0.157. The fourth-order valence-electron chi connectivity index (χ4n) is 3.20. The molecule has 1 aliphatic carbocycles. The summed E-state index contributed by atoms with van der Waals surface area (Å²) in [6.07, 6.45) is 6.25. The molecule has 4 unspecified atom stereocenters. The Labute approximate surface area is 135 Å². The molecule has 3 aliphatic rings. The molecule has 2 fully saturated rings. The van der Waals surface area contributed by atoms with Gasteiger partial charge in [0.25, 0.3) is 0 Å². The summed E-state index contributed by atoms with van der Waals surface area (Å²) in [7, 11) is 0. The molecule has 2 saturated heterocycles. The van der Waals surface area contributed by atoms with E-state index in [-0.39, 0.29) is 29.7 Å². The van der Waals surface area contributed by atoms with Crippen LogP contribution in [0.3, 0.4) is 0 Å². The number of carbonyl (C=O) groups is 2. The first-order valence-electron chi connectivity index (χ1n) is 7.71. The van der Waals surface area contributed by atoms with Crippen LogP contribution in [0.2, 0.25) is 0 Å². The van der Waals surface area contributed by atoms with Gasteiger partial charge in [0.2, 0.25) is 0 Å². The summed E-state index contributed by atoms with van der Waals surface area (Å²) in [4.78, 5) is 20.9. The van der Waals surface area contributed by atoms with Crippen molar-refractivity contribution in [2.75, 3.05) is 0 Å². The minimum atomic E-state index is -0.940. The smallest absolute Gasteiger partial charge is 0.335 e. The normalized spacial score (nSPS) is 35.6. The van der Waals surface area contributed by atoms with Crippen molar-refractivity contribution in [3.8, 4) is 0 Å². The topological polar surface area (TPSA) is 114 Å². The number of allylic oxidation sites excluding steroid dienone is 2. The lowest BCUT2D eigenvalue weighted by molar-refractivity contribution is -0.140.